The maximum absolute atomic E-state index is 12.7. The van der Waals surface area contributed by atoms with E-state index in [2.05, 4.69) is 6.07 Å². The second-order valence-electron chi connectivity index (χ2n) is 7.54. The third kappa shape index (κ3) is 5.82. The normalized spacial score (nSPS) is 12.2. The van der Waals surface area contributed by atoms with Crippen molar-refractivity contribution in [2.45, 2.75) is 45.6 Å². The van der Waals surface area contributed by atoms with Crippen LogP contribution in [0.1, 0.15) is 65.0 Å². The number of ketones is 1. The molecule has 0 aliphatic rings. The monoisotopic (exact) mass is 417 g/mol. The van der Waals surface area contributed by atoms with Crippen molar-refractivity contribution >= 4 is 35.0 Å². The molecule has 4 nitrogen and oxygen atoms in total. The first-order valence-electron chi connectivity index (χ1n) is 8.73. The molecule has 28 heavy (non-hydrogen) atoms. The molecule has 0 saturated carbocycles. The lowest BCUT2D eigenvalue weighted by Gasteiger charge is -2.20. The summed E-state index contributed by atoms with van der Waals surface area (Å²) in [4.78, 5) is 24.9. The molecule has 6 heteroatoms. The molecule has 2 rings (SSSR count). The summed E-state index contributed by atoms with van der Waals surface area (Å²) in [6, 6.07) is 11.8. The Hall–Kier alpha value is -2.35. The largest absolute Gasteiger partial charge is 0.456 e. The molecule has 0 N–H and O–H groups in total. The van der Waals surface area contributed by atoms with E-state index < -0.39 is 17.5 Å². The number of carbonyl (C=O) groups excluding carboxylic acids is 2. The topological polar surface area (TPSA) is 67.2 Å². The van der Waals surface area contributed by atoms with E-state index >= 15 is 0 Å². The Morgan fingerprint density at radius 3 is 2.21 bits per heavy atom. The zero-order valence-electron chi connectivity index (χ0n) is 16.2. The second kappa shape index (κ2) is 8.77. The molecule has 1 atom stereocenters. The van der Waals surface area contributed by atoms with Gasteiger partial charge in [-0.2, -0.15) is 5.26 Å². The molecular weight excluding hydrogens is 397 g/mol. The van der Waals surface area contributed by atoms with E-state index in [9.17, 15) is 14.9 Å². The Morgan fingerprint density at radius 1 is 1.11 bits per heavy atom. The Morgan fingerprint density at radius 2 is 1.71 bits per heavy atom. The van der Waals surface area contributed by atoms with Crippen LogP contribution in [0.15, 0.2) is 36.4 Å². The Balaban J connectivity index is 2.21. The van der Waals surface area contributed by atoms with Gasteiger partial charge in [0.25, 0.3) is 0 Å². The van der Waals surface area contributed by atoms with Gasteiger partial charge >= 0.3 is 5.97 Å². The first-order valence-corrected chi connectivity index (χ1v) is 9.48. The molecule has 0 amide bonds. The molecule has 146 valence electrons. The number of carbonyl (C=O) groups is 2. The summed E-state index contributed by atoms with van der Waals surface area (Å²) in [5.74, 6) is -1.32. The Kier molecular flexibility index (Phi) is 6.87. The molecule has 0 aliphatic carbocycles. The van der Waals surface area contributed by atoms with Gasteiger partial charge in [0.05, 0.1) is 17.6 Å². The van der Waals surface area contributed by atoms with Crippen LogP contribution in [0.25, 0.3) is 0 Å². The zero-order chi connectivity index (χ0) is 21.1. The molecule has 2 aromatic carbocycles. The first-order chi connectivity index (χ1) is 13.0. The molecule has 0 heterocycles. The van der Waals surface area contributed by atoms with Crippen molar-refractivity contribution in [2.75, 3.05) is 0 Å². The summed E-state index contributed by atoms with van der Waals surface area (Å²) >= 11 is 12.0. The molecule has 1 unspecified atom stereocenters. The van der Waals surface area contributed by atoms with Crippen LogP contribution >= 0.6 is 23.2 Å². The maximum Gasteiger partial charge on any atom is 0.338 e. The molecule has 2 aromatic rings. The lowest BCUT2D eigenvalue weighted by atomic mass is 9.92. The van der Waals surface area contributed by atoms with Gasteiger partial charge in [-0.1, -0.05) is 29.3 Å². The number of benzene rings is 2. The summed E-state index contributed by atoms with van der Waals surface area (Å²) in [6.07, 6.45) is -0.0155. The third-order valence-electron chi connectivity index (χ3n) is 4.00. The third-order valence-corrected chi connectivity index (χ3v) is 4.44. The van der Waals surface area contributed by atoms with Crippen molar-refractivity contribution in [3.63, 3.8) is 0 Å². The van der Waals surface area contributed by atoms with Crippen molar-refractivity contribution in [2.24, 2.45) is 0 Å². The van der Waals surface area contributed by atoms with Gasteiger partial charge in [0.15, 0.2) is 5.78 Å². The highest BCUT2D eigenvalue weighted by atomic mass is 35.5. The van der Waals surface area contributed by atoms with Crippen LogP contribution in [0.4, 0.5) is 0 Å². The van der Waals surface area contributed by atoms with Gasteiger partial charge in [-0.25, -0.2) is 4.79 Å². The van der Waals surface area contributed by atoms with E-state index in [-0.39, 0.29) is 12.2 Å². The van der Waals surface area contributed by atoms with Crippen LogP contribution < -0.4 is 0 Å². The molecule has 0 fully saturated rings. The van der Waals surface area contributed by atoms with Crippen LogP contribution in [0.3, 0.4) is 0 Å². The molecular formula is C22H21Cl2NO3. The predicted molar refractivity (Wildman–Crippen MR) is 110 cm³/mol. The van der Waals surface area contributed by atoms with Gasteiger partial charge in [0.2, 0.25) is 0 Å². The van der Waals surface area contributed by atoms with E-state index in [4.69, 9.17) is 27.9 Å². The van der Waals surface area contributed by atoms with Crippen LogP contribution in [0.5, 0.6) is 0 Å². The minimum atomic E-state index is -0.672. The number of hydrogen-bond acceptors (Lipinski definition) is 4. The van der Waals surface area contributed by atoms with Gasteiger partial charge in [-0.15, -0.1) is 0 Å². The summed E-state index contributed by atoms with van der Waals surface area (Å²) < 4.78 is 5.38. The van der Waals surface area contributed by atoms with Crippen LogP contribution in [-0.4, -0.2) is 17.4 Å². The van der Waals surface area contributed by atoms with Crippen molar-refractivity contribution < 1.29 is 14.3 Å². The Labute approximate surface area is 175 Å². The van der Waals surface area contributed by atoms with Crippen LogP contribution in [0.2, 0.25) is 10.0 Å². The second-order valence-corrected chi connectivity index (χ2v) is 8.42. The maximum atomic E-state index is 12.7. The van der Waals surface area contributed by atoms with Crippen molar-refractivity contribution in [3.05, 3.63) is 68.7 Å². The van der Waals surface area contributed by atoms with E-state index in [0.29, 0.717) is 32.3 Å². The van der Waals surface area contributed by atoms with Crippen molar-refractivity contribution in [3.8, 4) is 6.07 Å². The number of hydrogen-bond donors (Lipinski definition) is 0. The highest BCUT2D eigenvalue weighted by Gasteiger charge is 2.22. The number of nitrogens with zero attached hydrogens (tertiary/aromatic N) is 1. The average molecular weight is 418 g/mol. The van der Waals surface area contributed by atoms with Gasteiger partial charge in [0, 0.05) is 22.0 Å². The smallest absolute Gasteiger partial charge is 0.338 e. The van der Waals surface area contributed by atoms with Gasteiger partial charge < -0.3 is 4.74 Å². The standard InChI is InChI=1S/C22H21Cl2NO3/c1-13-7-14(5-6-19(13)21(27)28-22(2,3)4)20(26)10-16(12-25)15-8-17(23)11-18(24)9-15/h5-9,11,16H,10H2,1-4H3. The summed E-state index contributed by atoms with van der Waals surface area (Å²) in [7, 11) is 0. The minimum Gasteiger partial charge on any atom is -0.456 e. The molecule has 0 saturated heterocycles. The minimum absolute atomic E-state index is 0.0155. The quantitative estimate of drug-likeness (QED) is 0.432. The van der Waals surface area contributed by atoms with Gasteiger partial charge in [-0.05, 0) is 69.2 Å². The molecule has 0 spiro atoms. The fourth-order valence-electron chi connectivity index (χ4n) is 2.72. The zero-order valence-corrected chi connectivity index (χ0v) is 17.7. The predicted octanol–water partition coefficient (Wildman–Crippen LogP) is 6.14. The first kappa shape index (κ1) is 21.9. The molecule has 0 bridgehead atoms. The summed E-state index contributed by atoms with van der Waals surface area (Å²) in [5.41, 5.74) is 1.47. The summed E-state index contributed by atoms with van der Waals surface area (Å²) in [6.45, 7) is 7.13. The van der Waals surface area contributed by atoms with Crippen LogP contribution in [-0.2, 0) is 4.74 Å². The highest BCUT2D eigenvalue weighted by molar-refractivity contribution is 6.34. The van der Waals surface area contributed by atoms with Gasteiger partial charge in [0.1, 0.15) is 5.60 Å². The van der Waals surface area contributed by atoms with Crippen molar-refractivity contribution in [1.29, 1.82) is 5.26 Å². The Bertz CT molecular complexity index is 935. The van der Waals surface area contributed by atoms with Crippen molar-refractivity contribution in [1.82, 2.24) is 0 Å². The SMILES string of the molecule is Cc1cc(C(=O)CC(C#N)c2cc(Cl)cc(Cl)c2)ccc1C(=O)OC(C)(C)C. The van der Waals surface area contributed by atoms with Crippen LogP contribution in [0, 0.1) is 18.3 Å². The fourth-order valence-corrected chi connectivity index (χ4v) is 3.26. The van der Waals surface area contributed by atoms with E-state index in [1.807, 2.05) is 0 Å². The summed E-state index contributed by atoms with van der Waals surface area (Å²) in [5, 5.41) is 10.3. The lowest BCUT2D eigenvalue weighted by molar-refractivity contribution is 0.00685. The van der Waals surface area contributed by atoms with E-state index in [0.717, 1.165) is 0 Å². The average Bonchev–Trinajstić information content (AvgIpc) is 2.56. The number of nitriles is 1. The van der Waals surface area contributed by atoms with Gasteiger partial charge in [-0.3, -0.25) is 4.79 Å². The highest BCUT2D eigenvalue weighted by Crippen LogP contribution is 2.28. The molecule has 0 aromatic heterocycles. The number of ether oxygens (including phenoxy) is 1. The lowest BCUT2D eigenvalue weighted by Crippen LogP contribution is -2.24. The van der Waals surface area contributed by atoms with E-state index in [1.165, 1.54) is 0 Å². The molecule has 0 radical (unpaired) electrons. The number of Topliss-reactive ketones (excluding diaryl/α,β-unsaturated/α-hetero) is 1. The number of esters is 1. The number of halogens is 2. The van der Waals surface area contributed by atoms with E-state index in [1.54, 1.807) is 64.1 Å². The number of aryl methyl sites for hydroxylation is 1. The fraction of sp³-hybridized carbons (Fsp3) is 0.318. The number of rotatable bonds is 5. The molecule has 0 aliphatic heterocycles.